The van der Waals surface area contributed by atoms with Crippen LogP contribution in [0.2, 0.25) is 0 Å². The maximum Gasteiger partial charge on any atom is 0.242 e. The molecule has 0 aromatic carbocycles. The van der Waals surface area contributed by atoms with Crippen molar-refractivity contribution in [2.24, 2.45) is 0 Å². The van der Waals surface area contributed by atoms with Crippen LogP contribution in [0.5, 0.6) is 0 Å². The van der Waals surface area contributed by atoms with Gasteiger partial charge in [-0.15, -0.1) is 0 Å². The summed E-state index contributed by atoms with van der Waals surface area (Å²) in [6.45, 7) is 0. The summed E-state index contributed by atoms with van der Waals surface area (Å²) in [7, 11) is 0. The number of rotatable bonds is 2. The highest BCUT2D eigenvalue weighted by Gasteiger charge is 2.28. The van der Waals surface area contributed by atoms with Gasteiger partial charge in [-0.3, -0.25) is 9.59 Å². The van der Waals surface area contributed by atoms with Crippen molar-refractivity contribution in [3.63, 3.8) is 0 Å². The Hall–Kier alpha value is -1.06. The highest BCUT2D eigenvalue weighted by Crippen LogP contribution is 2.17. The first-order valence-electron chi connectivity index (χ1n) is 6.85. The highest BCUT2D eigenvalue weighted by atomic mass is 16.2. The highest BCUT2D eigenvalue weighted by molar-refractivity contribution is 5.90. The molecule has 0 radical (unpaired) electrons. The summed E-state index contributed by atoms with van der Waals surface area (Å²) < 4.78 is 0. The second-order valence-electron chi connectivity index (χ2n) is 5.21. The SMILES string of the molecule is O=C1CC[C@H](C(=O)NC2CCCCCCC2)N1. The molecule has 0 aromatic rings. The van der Waals surface area contributed by atoms with Gasteiger partial charge in [0, 0.05) is 12.5 Å². The molecule has 2 N–H and O–H groups in total. The molecule has 0 aromatic heterocycles. The van der Waals surface area contributed by atoms with Crippen LogP contribution in [0.1, 0.15) is 57.8 Å². The Labute approximate surface area is 103 Å². The zero-order valence-electron chi connectivity index (χ0n) is 10.3. The van der Waals surface area contributed by atoms with Gasteiger partial charge in [0.05, 0.1) is 0 Å². The summed E-state index contributed by atoms with van der Waals surface area (Å²) in [5.41, 5.74) is 0. The molecule has 2 fully saturated rings. The van der Waals surface area contributed by atoms with E-state index in [9.17, 15) is 9.59 Å². The second kappa shape index (κ2) is 6.03. The summed E-state index contributed by atoms with van der Waals surface area (Å²) in [4.78, 5) is 23.0. The van der Waals surface area contributed by atoms with E-state index in [0.29, 0.717) is 18.9 Å². The van der Waals surface area contributed by atoms with Crippen molar-refractivity contribution in [3.8, 4) is 0 Å². The van der Waals surface area contributed by atoms with Crippen LogP contribution in [-0.4, -0.2) is 23.9 Å². The van der Waals surface area contributed by atoms with Gasteiger partial charge >= 0.3 is 0 Å². The first kappa shape index (κ1) is 12.4. The fourth-order valence-corrected chi connectivity index (χ4v) is 2.71. The standard InChI is InChI=1S/C13H22N2O2/c16-12-9-8-11(15-12)13(17)14-10-6-4-2-1-3-5-7-10/h10-11H,1-9H2,(H,14,17)(H,15,16)/t11-/m1/s1. The van der Waals surface area contributed by atoms with Gasteiger partial charge in [-0.2, -0.15) is 0 Å². The molecule has 0 bridgehead atoms. The third-order valence-corrected chi connectivity index (χ3v) is 3.76. The van der Waals surface area contributed by atoms with E-state index < -0.39 is 0 Å². The quantitative estimate of drug-likeness (QED) is 0.766. The normalized spacial score (nSPS) is 27.1. The van der Waals surface area contributed by atoms with E-state index in [4.69, 9.17) is 0 Å². The molecular weight excluding hydrogens is 216 g/mol. The third-order valence-electron chi connectivity index (χ3n) is 3.76. The molecule has 4 nitrogen and oxygen atoms in total. The van der Waals surface area contributed by atoms with Gasteiger partial charge < -0.3 is 10.6 Å². The van der Waals surface area contributed by atoms with Crippen molar-refractivity contribution < 1.29 is 9.59 Å². The van der Waals surface area contributed by atoms with E-state index in [1.54, 1.807) is 0 Å². The molecule has 1 heterocycles. The molecular formula is C13H22N2O2. The molecule has 2 aliphatic rings. The van der Waals surface area contributed by atoms with Crippen molar-refractivity contribution >= 4 is 11.8 Å². The van der Waals surface area contributed by atoms with Gasteiger partial charge in [0.2, 0.25) is 11.8 Å². The largest absolute Gasteiger partial charge is 0.352 e. The van der Waals surface area contributed by atoms with Crippen molar-refractivity contribution in [1.82, 2.24) is 10.6 Å². The Kier molecular flexibility index (Phi) is 4.40. The van der Waals surface area contributed by atoms with Crippen LogP contribution in [0.3, 0.4) is 0 Å². The Balaban J connectivity index is 1.78. The Morgan fingerprint density at radius 3 is 2.29 bits per heavy atom. The molecule has 1 aliphatic heterocycles. The van der Waals surface area contributed by atoms with Crippen molar-refractivity contribution in [2.75, 3.05) is 0 Å². The predicted octanol–water partition coefficient (Wildman–Crippen LogP) is 1.49. The van der Waals surface area contributed by atoms with E-state index in [-0.39, 0.29) is 17.9 Å². The number of hydrogen-bond donors (Lipinski definition) is 2. The Bertz CT molecular complexity index is 283. The maximum atomic E-state index is 11.9. The molecule has 0 unspecified atom stereocenters. The summed E-state index contributed by atoms with van der Waals surface area (Å²) in [5.74, 6) is 0.0178. The van der Waals surface area contributed by atoms with Crippen molar-refractivity contribution in [3.05, 3.63) is 0 Å². The van der Waals surface area contributed by atoms with Crippen LogP contribution < -0.4 is 10.6 Å². The lowest BCUT2D eigenvalue weighted by atomic mass is 9.96. The van der Waals surface area contributed by atoms with Crippen molar-refractivity contribution in [2.45, 2.75) is 69.9 Å². The molecule has 1 aliphatic carbocycles. The molecule has 1 saturated carbocycles. The topological polar surface area (TPSA) is 58.2 Å². The van der Waals surface area contributed by atoms with Gasteiger partial charge in [-0.1, -0.05) is 32.1 Å². The van der Waals surface area contributed by atoms with Crippen LogP contribution in [-0.2, 0) is 9.59 Å². The molecule has 1 atom stereocenters. The van der Waals surface area contributed by atoms with Crippen LogP contribution in [0.15, 0.2) is 0 Å². The first-order chi connectivity index (χ1) is 8.25. The number of carbonyl (C=O) groups excluding carboxylic acids is 2. The molecule has 1 saturated heterocycles. The number of amides is 2. The number of carbonyl (C=O) groups is 2. The lowest BCUT2D eigenvalue weighted by molar-refractivity contribution is -0.126. The minimum Gasteiger partial charge on any atom is -0.352 e. The predicted molar refractivity (Wildman–Crippen MR) is 65.4 cm³/mol. The number of nitrogens with one attached hydrogen (secondary N) is 2. The second-order valence-corrected chi connectivity index (χ2v) is 5.21. The van der Waals surface area contributed by atoms with Crippen LogP contribution in [0.4, 0.5) is 0 Å². The number of hydrogen-bond acceptors (Lipinski definition) is 2. The van der Waals surface area contributed by atoms with Gasteiger partial charge in [0.25, 0.3) is 0 Å². The van der Waals surface area contributed by atoms with E-state index in [1.165, 1.54) is 32.1 Å². The lowest BCUT2D eigenvalue weighted by Crippen LogP contribution is -2.46. The summed E-state index contributed by atoms with van der Waals surface area (Å²) >= 11 is 0. The smallest absolute Gasteiger partial charge is 0.242 e. The van der Waals surface area contributed by atoms with Gasteiger partial charge in [0.15, 0.2) is 0 Å². The fourth-order valence-electron chi connectivity index (χ4n) is 2.71. The first-order valence-corrected chi connectivity index (χ1v) is 6.85. The van der Waals surface area contributed by atoms with E-state index in [2.05, 4.69) is 10.6 Å². The lowest BCUT2D eigenvalue weighted by Gasteiger charge is -2.22. The van der Waals surface area contributed by atoms with Crippen molar-refractivity contribution in [1.29, 1.82) is 0 Å². The average molecular weight is 238 g/mol. The monoisotopic (exact) mass is 238 g/mol. The van der Waals surface area contributed by atoms with Gasteiger partial charge in [0.1, 0.15) is 6.04 Å². The molecule has 96 valence electrons. The van der Waals surface area contributed by atoms with Crippen LogP contribution in [0.25, 0.3) is 0 Å². The minimum atomic E-state index is -0.284. The summed E-state index contributed by atoms with van der Waals surface area (Å²) in [6.07, 6.45) is 9.64. The third kappa shape index (κ3) is 3.72. The van der Waals surface area contributed by atoms with Gasteiger partial charge in [-0.25, -0.2) is 0 Å². The Morgan fingerprint density at radius 1 is 1.06 bits per heavy atom. The van der Waals surface area contributed by atoms with Crippen LogP contribution >= 0.6 is 0 Å². The van der Waals surface area contributed by atoms with E-state index in [0.717, 1.165) is 12.8 Å². The zero-order valence-corrected chi connectivity index (χ0v) is 10.3. The van der Waals surface area contributed by atoms with E-state index >= 15 is 0 Å². The van der Waals surface area contributed by atoms with Gasteiger partial charge in [-0.05, 0) is 19.3 Å². The summed E-state index contributed by atoms with van der Waals surface area (Å²) in [5, 5.41) is 5.82. The molecule has 2 rings (SSSR count). The summed E-state index contributed by atoms with van der Waals surface area (Å²) in [6, 6.07) is 0.0354. The average Bonchev–Trinajstić information content (AvgIpc) is 2.68. The fraction of sp³-hybridized carbons (Fsp3) is 0.846. The zero-order chi connectivity index (χ0) is 12.1. The van der Waals surface area contributed by atoms with Crippen LogP contribution in [0, 0.1) is 0 Å². The molecule has 17 heavy (non-hydrogen) atoms. The van der Waals surface area contributed by atoms with E-state index in [1.807, 2.05) is 0 Å². The minimum absolute atomic E-state index is 0.00261. The maximum absolute atomic E-state index is 11.9. The Morgan fingerprint density at radius 2 is 1.71 bits per heavy atom. The molecule has 4 heteroatoms. The molecule has 2 amide bonds. The molecule has 0 spiro atoms.